The smallest absolute Gasteiger partial charge is 0.379 e. The largest absolute Gasteiger partial charge is 0.418 e. The lowest BCUT2D eigenvalue weighted by molar-refractivity contribution is -0.274. The van der Waals surface area contributed by atoms with Crippen molar-refractivity contribution >= 4 is 0 Å². The van der Waals surface area contributed by atoms with E-state index in [9.17, 15) is 18.3 Å². The molecule has 1 aromatic carbocycles. The van der Waals surface area contributed by atoms with Crippen molar-refractivity contribution in [2.45, 2.75) is 31.2 Å². The molecule has 0 amide bonds. The third-order valence-corrected chi connectivity index (χ3v) is 4.59. The summed E-state index contributed by atoms with van der Waals surface area (Å²) >= 11 is 0. The number of halogens is 3. The Morgan fingerprint density at radius 2 is 2.00 bits per heavy atom. The van der Waals surface area contributed by atoms with Crippen LogP contribution in [0.15, 0.2) is 36.5 Å². The molecule has 0 saturated carbocycles. The van der Waals surface area contributed by atoms with Crippen molar-refractivity contribution in [1.82, 2.24) is 14.7 Å². The predicted octanol–water partition coefficient (Wildman–Crippen LogP) is 2.98. The van der Waals surface area contributed by atoms with Crippen molar-refractivity contribution < 1.29 is 18.3 Å². The van der Waals surface area contributed by atoms with Crippen molar-refractivity contribution in [3.8, 4) is 11.3 Å². The van der Waals surface area contributed by atoms with Crippen LogP contribution in [0.1, 0.15) is 18.4 Å². The van der Waals surface area contributed by atoms with Crippen LogP contribution in [0, 0.1) is 0 Å². The molecule has 0 bridgehead atoms. The average molecular weight is 339 g/mol. The van der Waals surface area contributed by atoms with Gasteiger partial charge in [0, 0.05) is 31.9 Å². The Kier molecular flexibility index (Phi) is 4.40. The predicted molar refractivity (Wildman–Crippen MR) is 84.2 cm³/mol. The van der Waals surface area contributed by atoms with Gasteiger partial charge in [-0.15, -0.1) is 0 Å². The zero-order valence-corrected chi connectivity index (χ0v) is 13.4. The fourth-order valence-electron chi connectivity index (χ4n) is 3.28. The van der Waals surface area contributed by atoms with Gasteiger partial charge in [-0.2, -0.15) is 18.3 Å². The normalized spacial score (nSPS) is 22.7. The monoisotopic (exact) mass is 339 g/mol. The third-order valence-electron chi connectivity index (χ3n) is 4.59. The van der Waals surface area contributed by atoms with E-state index in [4.69, 9.17) is 0 Å². The number of rotatable bonds is 3. The van der Waals surface area contributed by atoms with Gasteiger partial charge in [0.2, 0.25) is 0 Å². The molecule has 24 heavy (non-hydrogen) atoms. The molecule has 0 aliphatic carbocycles. The maximum absolute atomic E-state index is 13.1. The third kappa shape index (κ3) is 3.18. The summed E-state index contributed by atoms with van der Waals surface area (Å²) in [5, 5.41) is 14.1. The summed E-state index contributed by atoms with van der Waals surface area (Å²) in [5.41, 5.74) is 0.159. The summed E-state index contributed by atoms with van der Waals surface area (Å²) in [5.74, 6) is 0. The quantitative estimate of drug-likeness (QED) is 0.935. The molecule has 1 fully saturated rings. The number of aromatic nitrogens is 2. The molecule has 1 aliphatic rings. The standard InChI is InChI=1S/C17H20F3N3O/c1-22-15(7-9-21-22)14-6-3-2-5-13(14)11-23-10-4-8-16(24,12-23)17(18,19)20/h2-3,5-7,9,24H,4,8,10-12H2,1H3. The van der Waals surface area contributed by atoms with Crippen molar-refractivity contribution in [2.75, 3.05) is 13.1 Å². The Labute approximate surface area is 138 Å². The number of aryl methyl sites for hydroxylation is 1. The first kappa shape index (κ1) is 17.0. The zero-order chi connectivity index (χ0) is 17.4. The lowest BCUT2D eigenvalue weighted by Crippen LogP contribution is -2.56. The molecule has 1 aromatic heterocycles. The molecule has 7 heteroatoms. The molecular weight excluding hydrogens is 319 g/mol. The highest BCUT2D eigenvalue weighted by molar-refractivity contribution is 5.63. The summed E-state index contributed by atoms with van der Waals surface area (Å²) in [6.45, 7) is 0.508. The zero-order valence-electron chi connectivity index (χ0n) is 13.4. The second-order valence-electron chi connectivity index (χ2n) is 6.34. The van der Waals surface area contributed by atoms with Crippen LogP contribution in [0.25, 0.3) is 11.3 Å². The highest BCUT2D eigenvalue weighted by Crippen LogP contribution is 2.38. The van der Waals surface area contributed by atoms with E-state index in [0.29, 0.717) is 19.5 Å². The number of alkyl halides is 3. The molecule has 2 aromatic rings. The summed E-state index contributed by atoms with van der Waals surface area (Å²) in [4.78, 5) is 1.67. The average Bonchev–Trinajstić information content (AvgIpc) is 2.93. The molecule has 1 unspecified atom stereocenters. The van der Waals surface area contributed by atoms with Crippen LogP contribution < -0.4 is 0 Å². The van der Waals surface area contributed by atoms with E-state index in [2.05, 4.69) is 5.10 Å². The van der Waals surface area contributed by atoms with Crippen LogP contribution in [0.2, 0.25) is 0 Å². The van der Waals surface area contributed by atoms with Crippen molar-refractivity contribution in [3.63, 3.8) is 0 Å². The van der Waals surface area contributed by atoms with Gasteiger partial charge in [0.15, 0.2) is 5.60 Å². The molecule has 2 heterocycles. The maximum atomic E-state index is 13.1. The van der Waals surface area contributed by atoms with Gasteiger partial charge in [-0.05, 0) is 31.0 Å². The van der Waals surface area contributed by atoms with Crippen LogP contribution in [-0.2, 0) is 13.6 Å². The molecule has 1 N–H and O–H groups in total. The van der Waals surface area contributed by atoms with E-state index in [1.165, 1.54) is 0 Å². The van der Waals surface area contributed by atoms with Gasteiger partial charge in [-0.1, -0.05) is 24.3 Å². The fourth-order valence-corrected chi connectivity index (χ4v) is 3.28. The highest BCUT2D eigenvalue weighted by atomic mass is 19.4. The van der Waals surface area contributed by atoms with E-state index in [1.807, 2.05) is 37.4 Å². The molecule has 3 rings (SSSR count). The van der Waals surface area contributed by atoms with Crippen LogP contribution in [0.3, 0.4) is 0 Å². The van der Waals surface area contributed by atoms with Crippen LogP contribution in [-0.4, -0.2) is 44.7 Å². The molecule has 1 atom stereocenters. The Balaban J connectivity index is 1.84. The van der Waals surface area contributed by atoms with Crippen molar-refractivity contribution in [2.24, 2.45) is 7.05 Å². The molecule has 130 valence electrons. The van der Waals surface area contributed by atoms with Gasteiger partial charge in [0.25, 0.3) is 0 Å². The second-order valence-corrected chi connectivity index (χ2v) is 6.34. The summed E-state index contributed by atoms with van der Waals surface area (Å²) in [6.07, 6.45) is -2.83. The first-order valence-corrected chi connectivity index (χ1v) is 7.88. The minimum absolute atomic E-state index is 0.240. The summed E-state index contributed by atoms with van der Waals surface area (Å²) in [6, 6.07) is 9.49. The molecule has 0 radical (unpaired) electrons. The second kappa shape index (κ2) is 6.22. The number of benzene rings is 1. The first-order valence-electron chi connectivity index (χ1n) is 7.88. The molecule has 1 aliphatic heterocycles. The molecule has 0 spiro atoms. The fraction of sp³-hybridized carbons (Fsp3) is 0.471. The van der Waals surface area contributed by atoms with E-state index in [1.54, 1.807) is 15.8 Å². The van der Waals surface area contributed by atoms with Gasteiger partial charge in [-0.25, -0.2) is 0 Å². The number of piperidine rings is 1. The molecule has 4 nitrogen and oxygen atoms in total. The van der Waals surface area contributed by atoms with Crippen LogP contribution in [0.5, 0.6) is 0 Å². The first-order chi connectivity index (χ1) is 11.3. The number of likely N-dealkylation sites (tertiary alicyclic amines) is 1. The van der Waals surface area contributed by atoms with Crippen LogP contribution in [0.4, 0.5) is 13.2 Å². The Bertz CT molecular complexity index is 713. The SMILES string of the molecule is Cn1nccc1-c1ccccc1CN1CCCC(O)(C(F)(F)F)C1. The van der Waals surface area contributed by atoms with E-state index >= 15 is 0 Å². The van der Waals surface area contributed by atoms with Crippen LogP contribution >= 0.6 is 0 Å². The molecular formula is C17H20F3N3O. The Hall–Kier alpha value is -1.86. The number of aliphatic hydroxyl groups is 1. The Morgan fingerprint density at radius 1 is 1.25 bits per heavy atom. The van der Waals surface area contributed by atoms with Crippen molar-refractivity contribution in [1.29, 1.82) is 0 Å². The number of nitrogens with zero attached hydrogens (tertiary/aromatic N) is 3. The maximum Gasteiger partial charge on any atom is 0.418 e. The van der Waals surface area contributed by atoms with Gasteiger partial charge >= 0.3 is 6.18 Å². The lowest BCUT2D eigenvalue weighted by Gasteiger charge is -2.40. The topological polar surface area (TPSA) is 41.3 Å². The minimum atomic E-state index is -4.60. The van der Waals surface area contributed by atoms with Gasteiger partial charge in [0.1, 0.15) is 0 Å². The van der Waals surface area contributed by atoms with Gasteiger partial charge in [0.05, 0.1) is 5.69 Å². The lowest BCUT2D eigenvalue weighted by atomic mass is 9.91. The number of hydrogen-bond donors (Lipinski definition) is 1. The van der Waals surface area contributed by atoms with Gasteiger partial charge < -0.3 is 5.11 Å². The number of hydrogen-bond acceptors (Lipinski definition) is 3. The van der Waals surface area contributed by atoms with E-state index in [0.717, 1.165) is 16.8 Å². The molecule has 1 saturated heterocycles. The van der Waals surface area contributed by atoms with Gasteiger partial charge in [-0.3, -0.25) is 9.58 Å². The Morgan fingerprint density at radius 3 is 2.67 bits per heavy atom. The summed E-state index contributed by atoms with van der Waals surface area (Å²) < 4.78 is 41.1. The van der Waals surface area contributed by atoms with E-state index in [-0.39, 0.29) is 6.42 Å². The minimum Gasteiger partial charge on any atom is -0.379 e. The number of β-amino-alcohol motifs (C(OH)–C–C–N with tert-alkyl or cyclic N) is 1. The summed E-state index contributed by atoms with van der Waals surface area (Å²) in [7, 11) is 1.83. The van der Waals surface area contributed by atoms with E-state index < -0.39 is 18.3 Å². The highest BCUT2D eigenvalue weighted by Gasteiger charge is 2.55. The van der Waals surface area contributed by atoms with Crippen molar-refractivity contribution in [3.05, 3.63) is 42.1 Å².